The maximum atomic E-state index is 5.80. The lowest BCUT2D eigenvalue weighted by Gasteiger charge is -2.11. The fourth-order valence-corrected chi connectivity index (χ4v) is 2.55. The van der Waals surface area contributed by atoms with Crippen molar-refractivity contribution in [3.8, 4) is 0 Å². The van der Waals surface area contributed by atoms with Gasteiger partial charge in [0, 0.05) is 16.7 Å². The van der Waals surface area contributed by atoms with Crippen molar-refractivity contribution in [2.45, 2.75) is 38.3 Å². The molecule has 3 heteroatoms. The van der Waals surface area contributed by atoms with Crippen LogP contribution in [0.2, 0.25) is 0 Å². The summed E-state index contributed by atoms with van der Waals surface area (Å²) in [6.45, 7) is 2.72. The minimum Gasteiger partial charge on any atom is -0.377 e. The second-order valence-corrected chi connectivity index (χ2v) is 5.83. The lowest BCUT2D eigenvalue weighted by Crippen LogP contribution is -2.21. The highest BCUT2D eigenvalue weighted by Crippen LogP contribution is 2.20. The van der Waals surface area contributed by atoms with Crippen LogP contribution in [0.5, 0.6) is 0 Å². The summed E-state index contributed by atoms with van der Waals surface area (Å²) >= 11 is 2.33. The Labute approximate surface area is 117 Å². The highest BCUT2D eigenvalue weighted by molar-refractivity contribution is 14.1. The molecule has 1 N–H and O–H groups in total. The van der Waals surface area contributed by atoms with E-state index < -0.39 is 0 Å². The van der Waals surface area contributed by atoms with Gasteiger partial charge in [-0.25, -0.2) is 0 Å². The van der Waals surface area contributed by atoms with Gasteiger partial charge < -0.3 is 10.1 Å². The summed E-state index contributed by atoms with van der Waals surface area (Å²) in [5, 5.41) is 3.42. The maximum absolute atomic E-state index is 5.80. The molecule has 0 spiro atoms. The molecule has 17 heavy (non-hydrogen) atoms. The SMILES string of the molecule is Ic1ccc(CNCCOC2CCCC2)cc1. The molecular formula is C14H20INO. The van der Waals surface area contributed by atoms with Gasteiger partial charge in [-0.05, 0) is 53.1 Å². The Morgan fingerprint density at radius 2 is 1.88 bits per heavy atom. The van der Waals surface area contributed by atoms with Gasteiger partial charge in [0.25, 0.3) is 0 Å². The highest BCUT2D eigenvalue weighted by atomic mass is 127. The number of ether oxygens (including phenoxy) is 1. The van der Waals surface area contributed by atoms with E-state index in [0.29, 0.717) is 6.10 Å². The van der Waals surface area contributed by atoms with E-state index in [1.54, 1.807) is 0 Å². The molecule has 0 bridgehead atoms. The first-order valence-corrected chi connectivity index (χ1v) is 7.49. The smallest absolute Gasteiger partial charge is 0.0594 e. The minimum absolute atomic E-state index is 0.537. The Bertz CT molecular complexity index is 319. The van der Waals surface area contributed by atoms with Crippen LogP contribution in [0.3, 0.4) is 0 Å². The van der Waals surface area contributed by atoms with Crippen molar-refractivity contribution in [3.05, 3.63) is 33.4 Å². The van der Waals surface area contributed by atoms with Crippen molar-refractivity contribution >= 4 is 22.6 Å². The van der Waals surface area contributed by atoms with Crippen LogP contribution >= 0.6 is 22.6 Å². The number of hydrogen-bond acceptors (Lipinski definition) is 2. The first-order valence-electron chi connectivity index (χ1n) is 6.41. The molecule has 1 saturated carbocycles. The van der Waals surface area contributed by atoms with Crippen LogP contribution in [-0.4, -0.2) is 19.3 Å². The fraction of sp³-hybridized carbons (Fsp3) is 0.571. The average molecular weight is 345 g/mol. The third kappa shape index (κ3) is 4.94. The predicted molar refractivity (Wildman–Crippen MR) is 79.1 cm³/mol. The van der Waals surface area contributed by atoms with E-state index in [9.17, 15) is 0 Å². The second kappa shape index (κ2) is 7.34. The summed E-state index contributed by atoms with van der Waals surface area (Å²) in [4.78, 5) is 0. The van der Waals surface area contributed by atoms with Gasteiger partial charge in [-0.2, -0.15) is 0 Å². The number of nitrogens with one attached hydrogen (secondary N) is 1. The third-order valence-electron chi connectivity index (χ3n) is 3.18. The summed E-state index contributed by atoms with van der Waals surface area (Å²) in [6.07, 6.45) is 5.76. The summed E-state index contributed by atoms with van der Waals surface area (Å²) in [7, 11) is 0. The molecule has 94 valence electrons. The van der Waals surface area contributed by atoms with E-state index in [4.69, 9.17) is 4.74 Å². The summed E-state index contributed by atoms with van der Waals surface area (Å²) < 4.78 is 7.08. The second-order valence-electron chi connectivity index (χ2n) is 4.58. The van der Waals surface area contributed by atoms with Crippen molar-refractivity contribution in [1.29, 1.82) is 0 Å². The Kier molecular flexibility index (Phi) is 5.74. The standard InChI is InChI=1S/C14H20INO/c15-13-7-5-12(6-8-13)11-16-9-10-17-14-3-1-2-4-14/h5-8,14,16H,1-4,9-11H2. The zero-order valence-electron chi connectivity index (χ0n) is 10.1. The van der Waals surface area contributed by atoms with Crippen LogP contribution in [0.25, 0.3) is 0 Å². The van der Waals surface area contributed by atoms with Gasteiger partial charge in [0.1, 0.15) is 0 Å². The Balaban J connectivity index is 1.55. The van der Waals surface area contributed by atoms with Crippen LogP contribution in [-0.2, 0) is 11.3 Å². The zero-order chi connectivity index (χ0) is 11.9. The summed E-state index contributed by atoms with van der Waals surface area (Å²) in [5.74, 6) is 0. The molecule has 1 aromatic rings. The van der Waals surface area contributed by atoms with E-state index >= 15 is 0 Å². The molecule has 1 aromatic carbocycles. The van der Waals surface area contributed by atoms with Crippen molar-refractivity contribution in [2.24, 2.45) is 0 Å². The molecule has 1 aliphatic rings. The molecule has 2 rings (SSSR count). The van der Waals surface area contributed by atoms with E-state index in [0.717, 1.165) is 19.7 Å². The number of hydrogen-bond donors (Lipinski definition) is 1. The van der Waals surface area contributed by atoms with E-state index in [-0.39, 0.29) is 0 Å². The molecular weight excluding hydrogens is 325 g/mol. The molecule has 0 aromatic heterocycles. The van der Waals surface area contributed by atoms with E-state index in [1.165, 1.54) is 34.8 Å². The molecule has 2 nitrogen and oxygen atoms in total. The van der Waals surface area contributed by atoms with Crippen molar-refractivity contribution in [3.63, 3.8) is 0 Å². The molecule has 1 aliphatic carbocycles. The van der Waals surface area contributed by atoms with Crippen LogP contribution in [0.4, 0.5) is 0 Å². The third-order valence-corrected chi connectivity index (χ3v) is 3.90. The van der Waals surface area contributed by atoms with Crippen LogP contribution in [0.15, 0.2) is 24.3 Å². The minimum atomic E-state index is 0.537. The van der Waals surface area contributed by atoms with E-state index in [1.807, 2.05) is 0 Å². The van der Waals surface area contributed by atoms with Gasteiger partial charge in [-0.3, -0.25) is 0 Å². The topological polar surface area (TPSA) is 21.3 Å². The molecule has 0 unspecified atom stereocenters. The van der Waals surface area contributed by atoms with Gasteiger partial charge in [0.15, 0.2) is 0 Å². The highest BCUT2D eigenvalue weighted by Gasteiger charge is 2.14. The van der Waals surface area contributed by atoms with Gasteiger partial charge in [0.05, 0.1) is 12.7 Å². The Hall–Kier alpha value is -0.130. The van der Waals surface area contributed by atoms with Crippen LogP contribution in [0, 0.1) is 3.57 Å². The number of rotatable bonds is 6. The number of benzene rings is 1. The van der Waals surface area contributed by atoms with Gasteiger partial charge in [-0.1, -0.05) is 25.0 Å². The van der Waals surface area contributed by atoms with Gasteiger partial charge in [0.2, 0.25) is 0 Å². The summed E-state index contributed by atoms with van der Waals surface area (Å²) in [5.41, 5.74) is 1.34. The molecule has 1 fully saturated rings. The quantitative estimate of drug-likeness (QED) is 0.631. The Morgan fingerprint density at radius 3 is 2.59 bits per heavy atom. The first kappa shape index (κ1) is 13.3. The van der Waals surface area contributed by atoms with E-state index in [2.05, 4.69) is 52.2 Å². The monoisotopic (exact) mass is 345 g/mol. The average Bonchev–Trinajstić information content (AvgIpc) is 2.84. The number of halogens is 1. The molecule has 0 atom stereocenters. The summed E-state index contributed by atoms with van der Waals surface area (Å²) in [6, 6.07) is 8.64. The van der Waals surface area contributed by atoms with Crippen LogP contribution in [0.1, 0.15) is 31.2 Å². The lowest BCUT2D eigenvalue weighted by molar-refractivity contribution is 0.0603. The van der Waals surface area contributed by atoms with Gasteiger partial charge in [-0.15, -0.1) is 0 Å². The normalized spacial score (nSPS) is 16.5. The fourth-order valence-electron chi connectivity index (χ4n) is 2.19. The lowest BCUT2D eigenvalue weighted by atomic mass is 10.2. The zero-order valence-corrected chi connectivity index (χ0v) is 12.3. The van der Waals surface area contributed by atoms with Crippen molar-refractivity contribution < 1.29 is 4.74 Å². The molecule has 0 saturated heterocycles. The Morgan fingerprint density at radius 1 is 1.18 bits per heavy atom. The predicted octanol–water partition coefficient (Wildman–Crippen LogP) is 3.34. The largest absolute Gasteiger partial charge is 0.377 e. The first-order chi connectivity index (χ1) is 8.34. The van der Waals surface area contributed by atoms with Crippen LogP contribution < -0.4 is 5.32 Å². The molecule has 0 amide bonds. The molecule has 0 radical (unpaired) electrons. The van der Waals surface area contributed by atoms with Gasteiger partial charge >= 0.3 is 0 Å². The molecule has 0 heterocycles. The van der Waals surface area contributed by atoms with Crippen molar-refractivity contribution in [1.82, 2.24) is 5.32 Å². The van der Waals surface area contributed by atoms with Crippen molar-refractivity contribution in [2.75, 3.05) is 13.2 Å². The maximum Gasteiger partial charge on any atom is 0.0594 e. The molecule has 0 aliphatic heterocycles.